The molecule has 0 aliphatic heterocycles. The molecule has 0 bridgehead atoms. The minimum atomic E-state index is 0. The Balaban J connectivity index is 0.00000147. The highest BCUT2D eigenvalue weighted by atomic mass is 35.5. The van der Waals surface area contributed by atoms with E-state index in [9.17, 15) is 4.79 Å². The molecule has 1 atom stereocenters. The van der Waals surface area contributed by atoms with Gasteiger partial charge in [-0.2, -0.15) is 0 Å². The maximum Gasteiger partial charge on any atom is 0.253 e. The van der Waals surface area contributed by atoms with Crippen LogP contribution in [0.3, 0.4) is 0 Å². The fourth-order valence-corrected chi connectivity index (χ4v) is 2.84. The zero-order valence-corrected chi connectivity index (χ0v) is 12.6. The SMILES string of the molecule is CN(C)C(=O)c1ccc2[nH]c3c(c2c1)CC(N)CC3.Cl. The van der Waals surface area contributed by atoms with Crippen molar-refractivity contribution in [3.05, 3.63) is 35.0 Å². The Bertz CT molecular complexity index is 648. The highest BCUT2D eigenvalue weighted by Crippen LogP contribution is 2.29. The summed E-state index contributed by atoms with van der Waals surface area (Å²) in [6.45, 7) is 0. The molecule has 5 heteroatoms. The quantitative estimate of drug-likeness (QED) is 0.846. The molecule has 1 aliphatic carbocycles. The van der Waals surface area contributed by atoms with Gasteiger partial charge in [0.25, 0.3) is 5.91 Å². The molecule has 1 unspecified atom stereocenters. The third kappa shape index (κ3) is 2.41. The van der Waals surface area contributed by atoms with Crippen molar-refractivity contribution in [2.45, 2.75) is 25.3 Å². The zero-order valence-electron chi connectivity index (χ0n) is 11.8. The minimum absolute atomic E-state index is 0. The number of carbonyl (C=O) groups is 1. The van der Waals surface area contributed by atoms with Crippen molar-refractivity contribution in [3.8, 4) is 0 Å². The number of amides is 1. The molecule has 1 aromatic carbocycles. The molecule has 0 radical (unpaired) electrons. The van der Waals surface area contributed by atoms with Crippen LogP contribution in [0.25, 0.3) is 10.9 Å². The molecule has 2 aromatic rings. The minimum Gasteiger partial charge on any atom is -0.358 e. The van der Waals surface area contributed by atoms with Gasteiger partial charge in [-0.1, -0.05) is 0 Å². The molecule has 1 aliphatic rings. The van der Waals surface area contributed by atoms with Crippen molar-refractivity contribution >= 4 is 29.2 Å². The molecule has 1 aromatic heterocycles. The number of nitrogens with two attached hydrogens (primary N) is 1. The van der Waals surface area contributed by atoms with E-state index < -0.39 is 0 Å². The van der Waals surface area contributed by atoms with Crippen LogP contribution in [0.5, 0.6) is 0 Å². The number of hydrogen-bond acceptors (Lipinski definition) is 2. The number of aromatic nitrogens is 1. The van der Waals surface area contributed by atoms with Crippen LogP contribution in [0.15, 0.2) is 18.2 Å². The predicted octanol–water partition coefficient (Wildman–Crippen LogP) is 2.11. The molecular formula is C15H20ClN3O. The van der Waals surface area contributed by atoms with Gasteiger partial charge < -0.3 is 15.6 Å². The van der Waals surface area contributed by atoms with Gasteiger partial charge in [-0.3, -0.25) is 4.79 Å². The first kappa shape index (κ1) is 14.9. The van der Waals surface area contributed by atoms with Gasteiger partial charge in [0.05, 0.1) is 0 Å². The van der Waals surface area contributed by atoms with Crippen molar-refractivity contribution < 1.29 is 4.79 Å². The van der Waals surface area contributed by atoms with Crippen molar-refractivity contribution in [2.24, 2.45) is 5.73 Å². The number of hydrogen-bond donors (Lipinski definition) is 2. The Morgan fingerprint density at radius 1 is 1.40 bits per heavy atom. The molecule has 1 amide bonds. The molecule has 3 N–H and O–H groups in total. The summed E-state index contributed by atoms with van der Waals surface area (Å²) in [7, 11) is 3.55. The summed E-state index contributed by atoms with van der Waals surface area (Å²) in [6.07, 6.45) is 2.93. The zero-order chi connectivity index (χ0) is 13.6. The summed E-state index contributed by atoms with van der Waals surface area (Å²) in [5.41, 5.74) is 10.5. The van der Waals surface area contributed by atoms with Crippen LogP contribution >= 0.6 is 12.4 Å². The van der Waals surface area contributed by atoms with Gasteiger partial charge in [0.2, 0.25) is 0 Å². The number of H-pyrrole nitrogens is 1. The molecule has 0 saturated heterocycles. The second-order valence-corrected chi connectivity index (χ2v) is 5.54. The van der Waals surface area contributed by atoms with Gasteiger partial charge in [0.15, 0.2) is 0 Å². The first-order valence-corrected chi connectivity index (χ1v) is 6.67. The van der Waals surface area contributed by atoms with E-state index in [2.05, 4.69) is 4.98 Å². The fourth-order valence-electron chi connectivity index (χ4n) is 2.84. The van der Waals surface area contributed by atoms with Gasteiger partial charge in [0.1, 0.15) is 0 Å². The number of halogens is 1. The lowest BCUT2D eigenvalue weighted by Gasteiger charge is -2.18. The van der Waals surface area contributed by atoms with Gasteiger partial charge in [-0.05, 0) is 43.0 Å². The van der Waals surface area contributed by atoms with Crippen LogP contribution in [0.2, 0.25) is 0 Å². The lowest BCUT2D eigenvalue weighted by molar-refractivity contribution is 0.0828. The van der Waals surface area contributed by atoms with Gasteiger partial charge in [-0.25, -0.2) is 0 Å². The second-order valence-electron chi connectivity index (χ2n) is 5.54. The number of benzene rings is 1. The summed E-state index contributed by atoms with van der Waals surface area (Å²) in [4.78, 5) is 17.1. The van der Waals surface area contributed by atoms with Gasteiger partial charge in [0, 0.05) is 42.3 Å². The molecular weight excluding hydrogens is 274 g/mol. The van der Waals surface area contributed by atoms with Crippen molar-refractivity contribution in [1.82, 2.24) is 9.88 Å². The summed E-state index contributed by atoms with van der Waals surface area (Å²) < 4.78 is 0. The summed E-state index contributed by atoms with van der Waals surface area (Å²) in [6, 6.07) is 6.10. The van der Waals surface area contributed by atoms with E-state index in [1.165, 1.54) is 11.3 Å². The third-order valence-corrected chi connectivity index (χ3v) is 3.88. The molecule has 20 heavy (non-hydrogen) atoms. The lowest BCUT2D eigenvalue weighted by Crippen LogP contribution is -2.27. The largest absolute Gasteiger partial charge is 0.358 e. The maximum absolute atomic E-state index is 12.0. The number of carbonyl (C=O) groups excluding carboxylic acids is 1. The van der Waals surface area contributed by atoms with E-state index >= 15 is 0 Å². The van der Waals surface area contributed by atoms with Crippen molar-refractivity contribution in [3.63, 3.8) is 0 Å². The van der Waals surface area contributed by atoms with E-state index in [0.717, 1.165) is 35.7 Å². The number of nitrogens with zero attached hydrogens (tertiary/aromatic N) is 1. The second kappa shape index (κ2) is 5.46. The topological polar surface area (TPSA) is 62.1 Å². The number of fused-ring (bicyclic) bond motifs is 3. The summed E-state index contributed by atoms with van der Waals surface area (Å²) >= 11 is 0. The number of aromatic amines is 1. The highest BCUT2D eigenvalue weighted by Gasteiger charge is 2.21. The number of rotatable bonds is 1. The molecule has 3 rings (SSSR count). The van der Waals surface area contributed by atoms with Gasteiger partial charge >= 0.3 is 0 Å². The van der Waals surface area contributed by atoms with Gasteiger partial charge in [-0.15, -0.1) is 12.4 Å². The molecule has 0 spiro atoms. The van der Waals surface area contributed by atoms with Crippen LogP contribution in [-0.4, -0.2) is 35.9 Å². The van der Waals surface area contributed by atoms with E-state index in [1.54, 1.807) is 19.0 Å². The first-order chi connectivity index (χ1) is 9.06. The number of aryl methyl sites for hydroxylation is 1. The summed E-state index contributed by atoms with van der Waals surface area (Å²) in [5, 5.41) is 1.15. The molecule has 0 fully saturated rings. The van der Waals surface area contributed by atoms with Crippen LogP contribution in [-0.2, 0) is 12.8 Å². The Kier molecular flexibility index (Phi) is 4.06. The predicted molar refractivity (Wildman–Crippen MR) is 83.6 cm³/mol. The Labute approximate surface area is 124 Å². The Morgan fingerprint density at radius 2 is 2.15 bits per heavy atom. The fraction of sp³-hybridized carbons (Fsp3) is 0.400. The van der Waals surface area contributed by atoms with Crippen LogP contribution in [0.1, 0.15) is 28.0 Å². The molecule has 4 nitrogen and oxygen atoms in total. The Hall–Kier alpha value is -1.52. The van der Waals surface area contributed by atoms with E-state index in [1.807, 2.05) is 18.2 Å². The summed E-state index contributed by atoms with van der Waals surface area (Å²) in [5.74, 6) is 0.0388. The smallest absolute Gasteiger partial charge is 0.253 e. The standard InChI is InChI=1S/C15H19N3O.ClH/c1-18(2)15(19)9-3-5-13-11(7-9)12-8-10(16)4-6-14(12)17-13;/h3,5,7,10,17H,4,6,8,16H2,1-2H3;1H. The van der Waals surface area contributed by atoms with E-state index in [-0.39, 0.29) is 24.4 Å². The average Bonchev–Trinajstić information content (AvgIpc) is 2.75. The van der Waals surface area contributed by atoms with E-state index in [0.29, 0.717) is 0 Å². The maximum atomic E-state index is 12.0. The first-order valence-electron chi connectivity index (χ1n) is 6.67. The van der Waals surface area contributed by atoms with Crippen LogP contribution in [0.4, 0.5) is 0 Å². The lowest BCUT2D eigenvalue weighted by atomic mass is 9.92. The monoisotopic (exact) mass is 293 g/mol. The van der Waals surface area contributed by atoms with Crippen LogP contribution in [0, 0.1) is 0 Å². The number of nitrogens with one attached hydrogen (secondary N) is 1. The molecule has 1 heterocycles. The molecule has 108 valence electrons. The third-order valence-electron chi connectivity index (χ3n) is 3.88. The Morgan fingerprint density at radius 3 is 2.85 bits per heavy atom. The average molecular weight is 294 g/mol. The molecule has 0 saturated carbocycles. The van der Waals surface area contributed by atoms with E-state index in [4.69, 9.17) is 5.73 Å². The van der Waals surface area contributed by atoms with Crippen molar-refractivity contribution in [1.29, 1.82) is 0 Å². The highest BCUT2D eigenvalue weighted by molar-refractivity contribution is 5.99. The normalized spacial score (nSPS) is 17.4. The van der Waals surface area contributed by atoms with Crippen LogP contribution < -0.4 is 5.73 Å². The van der Waals surface area contributed by atoms with Crippen molar-refractivity contribution in [2.75, 3.05) is 14.1 Å².